The van der Waals surface area contributed by atoms with Gasteiger partial charge in [-0.2, -0.15) is 16.9 Å². The molecule has 1 aliphatic carbocycles. The lowest BCUT2D eigenvalue weighted by Crippen LogP contribution is -2.60. The van der Waals surface area contributed by atoms with E-state index in [0.29, 0.717) is 68.0 Å². The number of H-pyrrole nitrogens is 1. The lowest BCUT2D eigenvalue weighted by atomic mass is 9.63. The molecule has 8 unspecified atom stereocenters. The van der Waals surface area contributed by atoms with Crippen molar-refractivity contribution in [2.24, 2.45) is 61.6 Å². The largest absolute Gasteiger partial charge is 0.383 e. The number of hydrogen-bond donors (Lipinski definition) is 3. The summed E-state index contributed by atoms with van der Waals surface area (Å²) >= 11 is 2.19. The molecule has 0 spiro atoms. The fraction of sp³-hybridized carbons (Fsp3) is 0.771. The zero-order valence-corrected chi connectivity index (χ0v) is 77.2. The molecule has 8 atom stereocenters. The first-order valence-corrected chi connectivity index (χ1v) is 42.8. The van der Waals surface area contributed by atoms with Gasteiger partial charge in [0.05, 0.1) is 23.4 Å². The Morgan fingerprint density at radius 2 is 1.07 bits per heavy atom. The van der Waals surface area contributed by atoms with Gasteiger partial charge in [0.2, 0.25) is 0 Å². The first-order valence-electron chi connectivity index (χ1n) is 41.8. The summed E-state index contributed by atoms with van der Waals surface area (Å²) in [6.07, 6.45) is 22.8. The van der Waals surface area contributed by atoms with Crippen molar-refractivity contribution in [1.29, 1.82) is 0 Å². The average Bonchev–Trinajstić information content (AvgIpc) is 1.48. The van der Waals surface area contributed by atoms with Crippen molar-refractivity contribution in [3.8, 4) is 23.5 Å². The number of ether oxygens (including phenoxy) is 1. The molecular formula is C96H166N8O2S. The fourth-order valence-electron chi connectivity index (χ4n) is 15.6. The molecule has 4 N–H and O–H groups in total. The number of pyridine rings is 2. The number of piperazine rings is 1. The Morgan fingerprint density at radius 3 is 1.54 bits per heavy atom. The lowest BCUT2D eigenvalue weighted by molar-refractivity contribution is -0.0844. The second-order valence-corrected chi connectivity index (χ2v) is 46.9. The van der Waals surface area contributed by atoms with Gasteiger partial charge in [0.1, 0.15) is 5.82 Å². The molecule has 10 nitrogen and oxygen atoms in total. The second-order valence-electron chi connectivity index (χ2n) is 45.6. The van der Waals surface area contributed by atoms with Gasteiger partial charge in [0, 0.05) is 102 Å². The summed E-state index contributed by atoms with van der Waals surface area (Å²) in [7, 11) is 0. The zero-order chi connectivity index (χ0) is 82.0. The van der Waals surface area contributed by atoms with Gasteiger partial charge in [-0.1, -0.05) is 271 Å². The Bertz CT molecular complexity index is 3150. The van der Waals surface area contributed by atoms with E-state index in [4.69, 9.17) is 21.9 Å². The van der Waals surface area contributed by atoms with Crippen LogP contribution in [-0.2, 0) is 26.4 Å². The number of benzene rings is 1. The number of aryl methyl sites for hydroxylation is 1. The van der Waals surface area contributed by atoms with Crippen LogP contribution in [0, 0.1) is 80.8 Å². The smallest absolute Gasteiger partial charge is 0.255 e. The van der Waals surface area contributed by atoms with Crippen molar-refractivity contribution in [1.82, 2.24) is 35.3 Å². The number of nitrogens with two attached hydrogens (primary N) is 1. The third kappa shape index (κ3) is 29.7. The van der Waals surface area contributed by atoms with Crippen LogP contribution < -0.4 is 11.1 Å². The molecular weight excluding hydrogens is 1330 g/mol. The monoisotopic (exact) mass is 1500 g/mol. The van der Waals surface area contributed by atoms with Gasteiger partial charge in [0.25, 0.3) is 5.91 Å². The summed E-state index contributed by atoms with van der Waals surface area (Å²) in [4.78, 5) is 27.5. The SMILES string of the molecule is C#Cc1c(C(C)(C)C)cc(C(C)(C)C)nc1N.CC(C)(C)C1CCCC(C(C)(C)C)C1.CC(C)(C)C1CCOC(C(C)(C)C)C1.CC(C)(C)C1CCSC(C(C)(C)C)C1.CC(C)(C)C1CN(C(C)(C)C)CCN1.Cc1ccc(-c2cn[nH]c2C2CCCN(C(=O)c3cnc(C(C)(C)C)cc3C(C)(C)C)C2)cc1. The number of nitrogens with one attached hydrogen (secondary N) is 2. The molecule has 0 radical (unpaired) electrons. The van der Waals surface area contributed by atoms with E-state index < -0.39 is 0 Å². The first-order chi connectivity index (χ1) is 48.4. The molecule has 11 heteroatoms. The number of carbonyl (C=O) groups is 1. The standard InChI is InChI=1S/C29H38N4O.C15H22N2.C14H28.C13H26O.C13H26S.C12H26N2/c1-19-10-12-20(13-11-19)22-17-31-32-26(22)21-9-8-14-33(18-21)27(34)23-16-30-25(29(5,6)7)15-24(23)28(2,3)4;1-8-10-11(14(2,3)4)9-12(15(5,6)7)17-13(10)16;1-13(2,3)11-8-7-9-12(10-11)14(4,5)6;2*1-12(2,3)10-7-8-14-11(9-10)13(4,5)6;1-11(2,3)10-9-14(8-7-13-10)12(4,5)6/h10-13,15-17,21H,8-9,14,18H2,1-7H3,(H,31,32);1,9H,2-7H3,(H2,16,17);11-12H,7-10H2,1-6H3;2*10-11H,7-9H2,1-6H3;10,13H,7-9H2,1-6H3. The number of piperidine rings is 1. The van der Waals surface area contributed by atoms with Gasteiger partial charge in [-0.05, 0) is 192 Å². The molecule has 7 heterocycles. The number of aromatic nitrogens is 4. The molecule has 0 bridgehead atoms. The van der Waals surface area contributed by atoms with Gasteiger partial charge in [0.15, 0.2) is 0 Å². The summed E-state index contributed by atoms with van der Waals surface area (Å²) < 4.78 is 5.87. The minimum atomic E-state index is -0.148. The number of aromatic amines is 1. The summed E-state index contributed by atoms with van der Waals surface area (Å²) in [5.41, 5.74) is 19.4. The third-order valence-electron chi connectivity index (χ3n) is 23.9. The third-order valence-corrected chi connectivity index (χ3v) is 25.6. The Hall–Kier alpha value is -4.21. The number of rotatable bonds is 3. The van der Waals surface area contributed by atoms with E-state index in [1.54, 1.807) is 6.20 Å². The highest BCUT2D eigenvalue weighted by Gasteiger charge is 2.40. The minimum absolute atomic E-state index is 0.0265. The van der Waals surface area contributed by atoms with E-state index in [1.165, 1.54) is 75.8 Å². The highest BCUT2D eigenvalue weighted by molar-refractivity contribution is 8.00. The first kappa shape index (κ1) is 95.2. The Labute approximate surface area is 664 Å². The maximum Gasteiger partial charge on any atom is 0.255 e. The molecule has 1 aromatic carbocycles. The van der Waals surface area contributed by atoms with Crippen LogP contribution in [0.2, 0.25) is 0 Å². The Balaban J connectivity index is 0.000000286. The minimum Gasteiger partial charge on any atom is -0.383 e. The number of likely N-dealkylation sites (tertiary alicyclic amines) is 1. The van der Waals surface area contributed by atoms with E-state index in [-0.39, 0.29) is 33.5 Å². The molecule has 5 aliphatic rings. The van der Waals surface area contributed by atoms with E-state index >= 15 is 0 Å². The maximum atomic E-state index is 13.8. The van der Waals surface area contributed by atoms with Crippen molar-refractivity contribution in [2.75, 3.05) is 50.8 Å². The quantitative estimate of drug-likeness (QED) is 0.172. The van der Waals surface area contributed by atoms with Crippen LogP contribution in [0.3, 0.4) is 0 Å². The van der Waals surface area contributed by atoms with Crippen molar-refractivity contribution >= 4 is 23.5 Å². The van der Waals surface area contributed by atoms with Crippen LogP contribution in [0.15, 0.2) is 48.8 Å². The van der Waals surface area contributed by atoms with Crippen LogP contribution in [0.25, 0.3) is 11.1 Å². The molecule has 3 aromatic heterocycles. The highest BCUT2D eigenvalue weighted by atomic mass is 32.2. The predicted molar refractivity (Wildman–Crippen MR) is 468 cm³/mol. The zero-order valence-electron chi connectivity index (χ0n) is 76.4. The van der Waals surface area contributed by atoms with Crippen molar-refractivity contribution in [3.63, 3.8) is 0 Å². The van der Waals surface area contributed by atoms with Crippen LogP contribution >= 0.6 is 11.8 Å². The van der Waals surface area contributed by atoms with Gasteiger partial charge >= 0.3 is 0 Å². The molecule has 1 saturated carbocycles. The van der Waals surface area contributed by atoms with Crippen molar-refractivity contribution in [2.45, 2.75) is 371 Å². The summed E-state index contributed by atoms with van der Waals surface area (Å²) in [5, 5.41) is 12.1. The van der Waals surface area contributed by atoms with Crippen molar-refractivity contribution in [3.05, 3.63) is 93.7 Å². The second kappa shape index (κ2) is 37.2. The molecule has 9 rings (SSSR count). The topological polar surface area (TPSA) is 125 Å². The summed E-state index contributed by atoms with van der Waals surface area (Å²) in [5.74, 6) is 8.44. The number of nitrogen functional groups attached to an aromatic ring is 1. The van der Waals surface area contributed by atoms with E-state index in [2.05, 4.69) is 336 Å². The molecule has 4 aromatic rings. The molecule has 1 amide bonds. The van der Waals surface area contributed by atoms with Crippen LogP contribution in [-0.4, -0.2) is 104 Å². The number of nitrogens with zero attached hydrogens (tertiary/aromatic N) is 5. The Morgan fingerprint density at radius 1 is 0.561 bits per heavy atom. The number of terminal acetylenes is 1. The molecule has 5 fully saturated rings. The van der Waals surface area contributed by atoms with Gasteiger partial charge in [-0.25, -0.2) is 4.98 Å². The van der Waals surface area contributed by atoms with E-state index in [1.807, 2.05) is 11.1 Å². The summed E-state index contributed by atoms with van der Waals surface area (Å²) in [6, 6.07) is 13.4. The molecule has 4 aliphatic heterocycles. The van der Waals surface area contributed by atoms with E-state index in [0.717, 1.165) is 112 Å². The normalized spacial score (nSPS) is 22.8. The number of thioether (sulfide) groups is 1. The molecule has 608 valence electrons. The van der Waals surface area contributed by atoms with Crippen LogP contribution in [0.5, 0.6) is 0 Å². The average molecular weight is 1500 g/mol. The number of carbonyl (C=O) groups excluding carboxylic acids is 1. The number of amides is 1. The number of hydrogen-bond acceptors (Lipinski definition) is 9. The molecule has 4 saturated heterocycles. The van der Waals surface area contributed by atoms with Gasteiger partial charge < -0.3 is 20.7 Å². The van der Waals surface area contributed by atoms with E-state index in [9.17, 15) is 4.79 Å². The molecule has 107 heavy (non-hydrogen) atoms. The van der Waals surface area contributed by atoms with Crippen LogP contribution in [0.4, 0.5) is 5.82 Å². The fourth-order valence-corrected chi connectivity index (χ4v) is 17.1. The van der Waals surface area contributed by atoms with Crippen molar-refractivity contribution < 1.29 is 9.53 Å². The van der Waals surface area contributed by atoms with Crippen LogP contribution in [0.1, 0.15) is 369 Å². The Kier molecular flexibility index (Phi) is 33.1. The van der Waals surface area contributed by atoms with Gasteiger partial charge in [-0.3, -0.25) is 19.8 Å². The lowest BCUT2D eigenvalue weighted by Gasteiger charge is -2.46. The summed E-state index contributed by atoms with van der Waals surface area (Å²) in [6.45, 7) is 90.3. The van der Waals surface area contributed by atoms with Gasteiger partial charge in [-0.15, -0.1) is 6.42 Å². The predicted octanol–water partition coefficient (Wildman–Crippen LogP) is 25.1. The number of anilines is 1. The maximum absolute atomic E-state index is 13.8. The highest BCUT2D eigenvalue weighted by Crippen LogP contribution is 2.48.